The van der Waals surface area contributed by atoms with Crippen molar-refractivity contribution < 1.29 is 0 Å². The molecule has 16 heavy (non-hydrogen) atoms. The summed E-state index contributed by atoms with van der Waals surface area (Å²) in [5.41, 5.74) is 1.03. The van der Waals surface area contributed by atoms with Crippen molar-refractivity contribution in [2.24, 2.45) is 16.7 Å². The fraction of sp³-hybridized carbons (Fsp3) is 1.00. The Balaban J connectivity index is 3.95. The first kappa shape index (κ1) is 16.0. The maximum absolute atomic E-state index is 2.45. The van der Waals surface area contributed by atoms with Crippen LogP contribution in [0.1, 0.15) is 87.0 Å². The van der Waals surface area contributed by atoms with Crippen LogP contribution in [-0.4, -0.2) is 0 Å². The van der Waals surface area contributed by atoms with Crippen LogP contribution in [0.5, 0.6) is 0 Å². The Bertz CT molecular complexity index is 167. The SMILES string of the molecule is CCC(CC)CCC(C)(C)CCC(C)(C)C. The first-order valence-corrected chi connectivity index (χ1v) is 7.20. The van der Waals surface area contributed by atoms with E-state index in [2.05, 4.69) is 48.5 Å². The van der Waals surface area contributed by atoms with Crippen LogP contribution in [0, 0.1) is 16.7 Å². The fourth-order valence-electron chi connectivity index (χ4n) is 2.13. The van der Waals surface area contributed by atoms with Gasteiger partial charge in [0.1, 0.15) is 0 Å². The quantitative estimate of drug-likeness (QED) is 0.495. The van der Waals surface area contributed by atoms with Gasteiger partial charge in [0, 0.05) is 0 Å². The first-order chi connectivity index (χ1) is 7.20. The first-order valence-electron chi connectivity index (χ1n) is 7.20. The molecule has 0 spiro atoms. The number of hydrogen-bond acceptors (Lipinski definition) is 0. The van der Waals surface area contributed by atoms with Gasteiger partial charge in [0.2, 0.25) is 0 Å². The van der Waals surface area contributed by atoms with E-state index in [1.54, 1.807) is 0 Å². The summed E-state index contributed by atoms with van der Waals surface area (Å²) in [6.07, 6.45) is 8.25. The molecular weight excluding hydrogens is 192 g/mol. The van der Waals surface area contributed by atoms with E-state index < -0.39 is 0 Å². The average Bonchev–Trinajstić information content (AvgIpc) is 2.16. The standard InChI is InChI=1S/C16H34/c1-8-14(9-2)10-11-16(6,7)13-12-15(3,4)5/h14H,8-13H2,1-7H3. The summed E-state index contributed by atoms with van der Waals surface area (Å²) in [4.78, 5) is 0. The highest BCUT2D eigenvalue weighted by molar-refractivity contribution is 4.74. The Morgan fingerprint density at radius 1 is 0.750 bits per heavy atom. The van der Waals surface area contributed by atoms with Crippen molar-refractivity contribution in [1.82, 2.24) is 0 Å². The number of rotatable bonds is 7. The molecule has 0 heteroatoms. The summed E-state index contributed by atoms with van der Waals surface area (Å²) in [5.74, 6) is 0.953. The Morgan fingerprint density at radius 3 is 1.62 bits per heavy atom. The van der Waals surface area contributed by atoms with E-state index in [1.807, 2.05) is 0 Å². The van der Waals surface area contributed by atoms with Gasteiger partial charge in [0.25, 0.3) is 0 Å². The molecule has 0 aliphatic rings. The lowest BCUT2D eigenvalue weighted by molar-refractivity contribution is 0.221. The lowest BCUT2D eigenvalue weighted by Crippen LogP contribution is -2.17. The molecule has 0 atom stereocenters. The second-order valence-electron chi connectivity index (χ2n) is 7.45. The topological polar surface area (TPSA) is 0 Å². The van der Waals surface area contributed by atoms with Gasteiger partial charge in [-0.15, -0.1) is 0 Å². The van der Waals surface area contributed by atoms with Gasteiger partial charge in [-0.05, 0) is 42.4 Å². The van der Waals surface area contributed by atoms with Crippen LogP contribution in [0.3, 0.4) is 0 Å². The van der Waals surface area contributed by atoms with Crippen molar-refractivity contribution in [2.45, 2.75) is 87.0 Å². The molecule has 0 aliphatic carbocycles. The van der Waals surface area contributed by atoms with Crippen molar-refractivity contribution in [3.05, 3.63) is 0 Å². The minimum Gasteiger partial charge on any atom is -0.0651 e. The smallest absolute Gasteiger partial charge is 0.0354 e. The van der Waals surface area contributed by atoms with Crippen molar-refractivity contribution in [2.75, 3.05) is 0 Å². The van der Waals surface area contributed by atoms with E-state index in [0.29, 0.717) is 10.8 Å². The summed E-state index contributed by atoms with van der Waals surface area (Å²) in [6, 6.07) is 0. The maximum atomic E-state index is 2.45. The Labute approximate surface area is 104 Å². The zero-order chi connectivity index (χ0) is 12.8. The van der Waals surface area contributed by atoms with E-state index in [0.717, 1.165) is 5.92 Å². The molecule has 98 valence electrons. The molecule has 0 radical (unpaired) electrons. The van der Waals surface area contributed by atoms with Gasteiger partial charge in [-0.25, -0.2) is 0 Å². The molecule has 0 nitrogen and oxygen atoms in total. The van der Waals surface area contributed by atoms with Crippen LogP contribution in [-0.2, 0) is 0 Å². The lowest BCUT2D eigenvalue weighted by atomic mass is 9.76. The van der Waals surface area contributed by atoms with E-state index >= 15 is 0 Å². The Hall–Kier alpha value is 0. The summed E-state index contributed by atoms with van der Waals surface area (Å²) < 4.78 is 0. The highest BCUT2D eigenvalue weighted by Gasteiger charge is 2.22. The van der Waals surface area contributed by atoms with E-state index in [9.17, 15) is 0 Å². The third kappa shape index (κ3) is 8.19. The normalized spacial score (nSPS) is 13.5. The van der Waals surface area contributed by atoms with Crippen LogP contribution < -0.4 is 0 Å². The lowest BCUT2D eigenvalue weighted by Gasteiger charge is -2.30. The molecule has 0 aromatic heterocycles. The van der Waals surface area contributed by atoms with Gasteiger partial charge in [-0.2, -0.15) is 0 Å². The van der Waals surface area contributed by atoms with Crippen molar-refractivity contribution in [3.63, 3.8) is 0 Å². The van der Waals surface area contributed by atoms with Gasteiger partial charge in [0.15, 0.2) is 0 Å². The largest absolute Gasteiger partial charge is 0.0651 e. The Kier molecular flexibility index (Phi) is 6.67. The third-order valence-corrected chi connectivity index (χ3v) is 3.94. The molecule has 0 aromatic rings. The van der Waals surface area contributed by atoms with Crippen molar-refractivity contribution in [3.8, 4) is 0 Å². The zero-order valence-corrected chi connectivity index (χ0v) is 12.8. The third-order valence-electron chi connectivity index (χ3n) is 3.94. The molecule has 0 N–H and O–H groups in total. The monoisotopic (exact) mass is 226 g/mol. The second-order valence-corrected chi connectivity index (χ2v) is 7.45. The molecule has 0 fully saturated rings. The highest BCUT2D eigenvalue weighted by atomic mass is 14.3. The molecular formula is C16H34. The predicted octanol–water partition coefficient (Wildman–Crippen LogP) is 6.06. The number of hydrogen-bond donors (Lipinski definition) is 0. The minimum absolute atomic E-state index is 0.492. The second kappa shape index (κ2) is 6.67. The molecule has 0 heterocycles. The van der Waals surface area contributed by atoms with Gasteiger partial charge in [-0.3, -0.25) is 0 Å². The van der Waals surface area contributed by atoms with Crippen LogP contribution in [0.25, 0.3) is 0 Å². The molecule has 0 unspecified atom stereocenters. The van der Waals surface area contributed by atoms with Crippen molar-refractivity contribution in [1.29, 1.82) is 0 Å². The zero-order valence-electron chi connectivity index (χ0n) is 12.8. The molecule has 0 bridgehead atoms. The van der Waals surface area contributed by atoms with Gasteiger partial charge < -0.3 is 0 Å². The Morgan fingerprint density at radius 2 is 1.25 bits per heavy atom. The summed E-state index contributed by atoms with van der Waals surface area (Å²) >= 11 is 0. The van der Waals surface area contributed by atoms with Crippen LogP contribution >= 0.6 is 0 Å². The fourth-order valence-corrected chi connectivity index (χ4v) is 2.13. The van der Waals surface area contributed by atoms with Crippen molar-refractivity contribution >= 4 is 0 Å². The predicted molar refractivity (Wildman–Crippen MR) is 75.8 cm³/mol. The average molecular weight is 226 g/mol. The van der Waals surface area contributed by atoms with E-state index in [1.165, 1.54) is 38.5 Å². The van der Waals surface area contributed by atoms with Crippen LogP contribution in [0.2, 0.25) is 0 Å². The maximum Gasteiger partial charge on any atom is -0.0354 e. The van der Waals surface area contributed by atoms with Crippen LogP contribution in [0.15, 0.2) is 0 Å². The molecule has 0 saturated heterocycles. The van der Waals surface area contributed by atoms with Gasteiger partial charge in [0.05, 0.1) is 0 Å². The molecule has 0 saturated carbocycles. The summed E-state index contributed by atoms with van der Waals surface area (Å²) in [7, 11) is 0. The summed E-state index contributed by atoms with van der Waals surface area (Å²) in [6.45, 7) is 16.6. The minimum atomic E-state index is 0.492. The molecule has 0 aliphatic heterocycles. The van der Waals surface area contributed by atoms with E-state index in [4.69, 9.17) is 0 Å². The molecule has 0 amide bonds. The van der Waals surface area contributed by atoms with Crippen LogP contribution in [0.4, 0.5) is 0 Å². The molecule has 0 rings (SSSR count). The van der Waals surface area contributed by atoms with Gasteiger partial charge >= 0.3 is 0 Å². The van der Waals surface area contributed by atoms with Gasteiger partial charge in [-0.1, -0.05) is 61.3 Å². The highest BCUT2D eigenvalue weighted by Crippen LogP contribution is 2.35. The molecule has 0 aromatic carbocycles. The van der Waals surface area contributed by atoms with E-state index in [-0.39, 0.29) is 0 Å². The summed E-state index contributed by atoms with van der Waals surface area (Å²) in [5, 5.41) is 0.